The number of ether oxygens (including phenoxy) is 5. The van der Waals surface area contributed by atoms with Gasteiger partial charge in [-0.25, -0.2) is 4.79 Å². The zero-order valence-electron chi connectivity index (χ0n) is 15.9. The molecule has 26 heavy (non-hydrogen) atoms. The number of para-hydroxylation sites is 1. The number of cyclic esters (lactones) is 1. The molecule has 7 heteroatoms. The average Bonchev–Trinajstić information content (AvgIpc) is 2.96. The summed E-state index contributed by atoms with van der Waals surface area (Å²) in [5.74, 6) is 0.717. The van der Waals surface area contributed by atoms with Crippen LogP contribution in [0.2, 0.25) is 0 Å². The van der Waals surface area contributed by atoms with Crippen molar-refractivity contribution in [1.82, 2.24) is 5.32 Å². The fraction of sp³-hybridized carbons (Fsp3) is 0.632. The van der Waals surface area contributed by atoms with E-state index in [0.717, 1.165) is 17.7 Å². The van der Waals surface area contributed by atoms with Gasteiger partial charge in [-0.05, 0) is 26.8 Å². The second-order valence-electron chi connectivity index (χ2n) is 6.17. The predicted octanol–water partition coefficient (Wildman–Crippen LogP) is 3.04. The van der Waals surface area contributed by atoms with Gasteiger partial charge < -0.3 is 29.0 Å². The summed E-state index contributed by atoms with van der Waals surface area (Å²) in [5, 5.41) is 2.82. The first-order valence-corrected chi connectivity index (χ1v) is 9.00. The lowest BCUT2D eigenvalue weighted by atomic mass is 10.0. The minimum absolute atomic E-state index is 0.0134. The maximum Gasteiger partial charge on any atom is 0.408 e. The third-order valence-corrected chi connectivity index (χ3v) is 4.10. The van der Waals surface area contributed by atoms with Crippen LogP contribution in [0.4, 0.5) is 4.79 Å². The normalized spacial score (nSPS) is 21.8. The lowest BCUT2D eigenvalue weighted by molar-refractivity contribution is -0.155. The lowest BCUT2D eigenvalue weighted by Crippen LogP contribution is -2.26. The highest BCUT2D eigenvalue weighted by atomic mass is 16.7. The Morgan fingerprint density at radius 2 is 2.04 bits per heavy atom. The molecule has 0 radical (unpaired) electrons. The van der Waals surface area contributed by atoms with E-state index in [-0.39, 0.29) is 24.5 Å². The first-order valence-electron chi connectivity index (χ1n) is 9.00. The van der Waals surface area contributed by atoms with Crippen LogP contribution in [0.5, 0.6) is 5.75 Å². The van der Waals surface area contributed by atoms with Crippen molar-refractivity contribution in [2.45, 2.75) is 51.7 Å². The standard InChI is InChI=1S/C19H29NO6/c1-5-23-14(3)25-13(2)10-11-24-16-9-7-6-8-15(16)18-17(12-22-4)26-19(21)20-18/h6-9,13-14,17-18H,5,10-12H2,1-4H3,(H,20,21)/t13?,14-,17?,18?/m0/s1. The highest BCUT2D eigenvalue weighted by Gasteiger charge is 2.36. The summed E-state index contributed by atoms with van der Waals surface area (Å²) in [4.78, 5) is 11.6. The van der Waals surface area contributed by atoms with Gasteiger partial charge in [0, 0.05) is 25.7 Å². The Morgan fingerprint density at radius 3 is 2.77 bits per heavy atom. The first-order chi connectivity index (χ1) is 12.5. The number of hydrogen-bond acceptors (Lipinski definition) is 6. The van der Waals surface area contributed by atoms with Gasteiger partial charge in [-0.2, -0.15) is 0 Å². The summed E-state index contributed by atoms with van der Waals surface area (Å²) in [6, 6.07) is 7.32. The maximum atomic E-state index is 11.6. The molecule has 1 heterocycles. The third kappa shape index (κ3) is 5.86. The number of nitrogens with one attached hydrogen (secondary N) is 1. The summed E-state index contributed by atoms with van der Waals surface area (Å²) in [5.41, 5.74) is 0.872. The van der Waals surface area contributed by atoms with Crippen LogP contribution in [-0.2, 0) is 18.9 Å². The van der Waals surface area contributed by atoms with Crippen molar-refractivity contribution in [2.75, 3.05) is 26.9 Å². The molecule has 1 aliphatic heterocycles. The fourth-order valence-electron chi connectivity index (χ4n) is 2.90. The number of benzene rings is 1. The van der Waals surface area contributed by atoms with Crippen LogP contribution >= 0.6 is 0 Å². The molecule has 146 valence electrons. The molecule has 4 atom stereocenters. The molecule has 0 saturated carbocycles. The van der Waals surface area contributed by atoms with Gasteiger partial charge in [0.05, 0.1) is 19.3 Å². The van der Waals surface area contributed by atoms with Gasteiger partial charge in [0.15, 0.2) is 12.4 Å². The molecule has 0 aromatic heterocycles. The van der Waals surface area contributed by atoms with Crippen molar-refractivity contribution < 1.29 is 28.5 Å². The van der Waals surface area contributed by atoms with E-state index in [1.54, 1.807) is 7.11 Å². The number of amides is 1. The van der Waals surface area contributed by atoms with Crippen LogP contribution in [0.3, 0.4) is 0 Å². The van der Waals surface area contributed by atoms with Gasteiger partial charge in [0.2, 0.25) is 0 Å². The number of carbonyl (C=O) groups excluding carboxylic acids is 1. The monoisotopic (exact) mass is 367 g/mol. The highest BCUT2D eigenvalue weighted by molar-refractivity contribution is 5.71. The quantitative estimate of drug-likeness (QED) is 0.606. The van der Waals surface area contributed by atoms with E-state index in [2.05, 4.69) is 5.32 Å². The van der Waals surface area contributed by atoms with Gasteiger partial charge in [-0.15, -0.1) is 0 Å². The Balaban J connectivity index is 1.93. The molecule has 1 amide bonds. The summed E-state index contributed by atoms with van der Waals surface area (Å²) in [7, 11) is 1.58. The molecule has 1 aliphatic rings. The van der Waals surface area contributed by atoms with Crippen LogP contribution in [0, 0.1) is 0 Å². The van der Waals surface area contributed by atoms with E-state index in [1.807, 2.05) is 45.0 Å². The van der Waals surface area contributed by atoms with Crippen molar-refractivity contribution in [3.63, 3.8) is 0 Å². The highest BCUT2D eigenvalue weighted by Crippen LogP contribution is 2.32. The van der Waals surface area contributed by atoms with Crippen molar-refractivity contribution in [3.8, 4) is 5.75 Å². The largest absolute Gasteiger partial charge is 0.493 e. The van der Waals surface area contributed by atoms with Gasteiger partial charge >= 0.3 is 6.09 Å². The van der Waals surface area contributed by atoms with Crippen molar-refractivity contribution in [1.29, 1.82) is 0 Å². The molecule has 2 rings (SSSR count). The van der Waals surface area contributed by atoms with Crippen molar-refractivity contribution in [3.05, 3.63) is 29.8 Å². The average molecular weight is 367 g/mol. The van der Waals surface area contributed by atoms with E-state index in [9.17, 15) is 4.79 Å². The predicted molar refractivity (Wildman–Crippen MR) is 96.2 cm³/mol. The molecule has 0 spiro atoms. The van der Waals surface area contributed by atoms with Crippen molar-refractivity contribution in [2.24, 2.45) is 0 Å². The maximum absolute atomic E-state index is 11.6. The van der Waals surface area contributed by atoms with E-state index in [0.29, 0.717) is 19.8 Å². The van der Waals surface area contributed by atoms with Crippen LogP contribution in [0.1, 0.15) is 38.8 Å². The molecule has 1 fully saturated rings. The number of alkyl carbamates (subject to hydrolysis) is 1. The van der Waals surface area contributed by atoms with Gasteiger partial charge in [0.1, 0.15) is 11.8 Å². The van der Waals surface area contributed by atoms with E-state index >= 15 is 0 Å². The minimum atomic E-state index is -0.446. The van der Waals surface area contributed by atoms with Crippen LogP contribution in [0.25, 0.3) is 0 Å². The van der Waals surface area contributed by atoms with E-state index in [1.165, 1.54) is 0 Å². The Kier molecular flexibility index (Phi) is 8.15. The second-order valence-corrected chi connectivity index (χ2v) is 6.17. The number of hydrogen-bond donors (Lipinski definition) is 1. The molecular weight excluding hydrogens is 338 g/mol. The van der Waals surface area contributed by atoms with Crippen molar-refractivity contribution >= 4 is 6.09 Å². The van der Waals surface area contributed by atoms with E-state index in [4.69, 9.17) is 23.7 Å². The van der Waals surface area contributed by atoms with Crippen LogP contribution in [0.15, 0.2) is 24.3 Å². The van der Waals surface area contributed by atoms with Crippen LogP contribution in [-0.4, -0.2) is 51.5 Å². The molecule has 0 aliphatic carbocycles. The Labute approximate surface area is 154 Å². The number of rotatable bonds is 11. The van der Waals surface area contributed by atoms with Crippen LogP contribution < -0.4 is 10.1 Å². The molecule has 0 bridgehead atoms. The molecule has 7 nitrogen and oxygen atoms in total. The lowest BCUT2D eigenvalue weighted by Gasteiger charge is -2.21. The Morgan fingerprint density at radius 1 is 1.27 bits per heavy atom. The molecule has 1 N–H and O–H groups in total. The van der Waals surface area contributed by atoms with E-state index < -0.39 is 6.09 Å². The summed E-state index contributed by atoms with van der Waals surface area (Å²) in [6.45, 7) is 7.24. The molecule has 1 saturated heterocycles. The topological polar surface area (TPSA) is 75.2 Å². The Bertz CT molecular complexity index is 567. The third-order valence-electron chi connectivity index (χ3n) is 4.10. The second kappa shape index (κ2) is 10.4. The summed E-state index contributed by atoms with van der Waals surface area (Å²) >= 11 is 0. The number of methoxy groups -OCH3 is 1. The fourth-order valence-corrected chi connectivity index (χ4v) is 2.90. The van der Waals surface area contributed by atoms with Gasteiger partial charge in [-0.1, -0.05) is 18.2 Å². The first kappa shape index (κ1) is 20.5. The zero-order valence-corrected chi connectivity index (χ0v) is 15.9. The molecule has 1 aromatic rings. The molecular formula is C19H29NO6. The van der Waals surface area contributed by atoms with Gasteiger partial charge in [0.25, 0.3) is 0 Å². The minimum Gasteiger partial charge on any atom is -0.493 e. The molecule has 1 aromatic carbocycles. The SMILES string of the molecule is CCO[C@H](C)OC(C)CCOc1ccccc1C1NC(=O)OC1COC. The summed E-state index contributed by atoms with van der Waals surface area (Å²) in [6.07, 6.45) is -0.325. The zero-order chi connectivity index (χ0) is 18.9. The van der Waals surface area contributed by atoms with Gasteiger partial charge in [-0.3, -0.25) is 0 Å². The smallest absolute Gasteiger partial charge is 0.408 e. The number of carbonyl (C=O) groups is 1. The summed E-state index contributed by atoms with van der Waals surface area (Å²) < 4.78 is 27.5. The molecule has 3 unspecified atom stereocenters. The Hall–Kier alpha value is -1.83.